The average molecular weight is 344 g/mol. The van der Waals surface area contributed by atoms with Crippen molar-refractivity contribution in [2.45, 2.75) is 58.8 Å². The van der Waals surface area contributed by atoms with E-state index in [4.69, 9.17) is 0 Å². The lowest BCUT2D eigenvalue weighted by Gasteiger charge is -2.56. The minimum Gasteiger partial charge on any atom is -0.389 e. The Hall–Kier alpha value is -1.29. The summed E-state index contributed by atoms with van der Waals surface area (Å²) in [4.78, 5) is 37.4. The number of aliphatic hydroxyl groups is 1. The molecule has 4 nitrogen and oxygen atoms in total. The van der Waals surface area contributed by atoms with E-state index in [1.54, 1.807) is 0 Å². The smallest absolute Gasteiger partial charge is 0.161 e. The van der Waals surface area contributed by atoms with E-state index in [9.17, 15) is 19.5 Å². The van der Waals surface area contributed by atoms with Gasteiger partial charge in [0.1, 0.15) is 12.4 Å². The maximum absolute atomic E-state index is 13.3. The van der Waals surface area contributed by atoms with Crippen LogP contribution in [0.15, 0.2) is 11.6 Å². The molecule has 0 bridgehead atoms. The summed E-state index contributed by atoms with van der Waals surface area (Å²) in [5, 5.41) is 9.34. The molecule has 136 valence electrons. The van der Waals surface area contributed by atoms with E-state index in [1.807, 2.05) is 6.08 Å². The summed E-state index contributed by atoms with van der Waals surface area (Å²) in [6, 6.07) is 0. The molecule has 0 aromatic rings. The summed E-state index contributed by atoms with van der Waals surface area (Å²) in [6.45, 7) is 3.88. The second kappa shape index (κ2) is 5.60. The summed E-state index contributed by atoms with van der Waals surface area (Å²) in [7, 11) is 0. The van der Waals surface area contributed by atoms with Crippen LogP contribution >= 0.6 is 0 Å². The van der Waals surface area contributed by atoms with Gasteiger partial charge < -0.3 is 5.11 Å². The maximum Gasteiger partial charge on any atom is 0.161 e. The lowest BCUT2D eigenvalue weighted by Crippen LogP contribution is -2.55. The fourth-order valence-corrected chi connectivity index (χ4v) is 7.02. The number of ketones is 3. The summed E-state index contributed by atoms with van der Waals surface area (Å²) in [6.07, 6.45) is 7.23. The minimum atomic E-state index is -0.415. The molecule has 3 fully saturated rings. The first-order valence-electron chi connectivity index (χ1n) is 9.71. The molecule has 0 aromatic carbocycles. The van der Waals surface area contributed by atoms with Gasteiger partial charge in [-0.05, 0) is 60.8 Å². The van der Waals surface area contributed by atoms with Crippen molar-refractivity contribution in [3.05, 3.63) is 11.6 Å². The zero-order valence-electron chi connectivity index (χ0n) is 15.2. The van der Waals surface area contributed by atoms with Crippen LogP contribution in [0.2, 0.25) is 0 Å². The molecule has 0 saturated heterocycles. The molecule has 0 heterocycles. The zero-order chi connectivity index (χ0) is 18.0. The number of fused-ring (bicyclic) bond motifs is 5. The zero-order valence-corrected chi connectivity index (χ0v) is 15.2. The third kappa shape index (κ3) is 2.26. The minimum absolute atomic E-state index is 0.00153. The summed E-state index contributed by atoms with van der Waals surface area (Å²) in [5.74, 6) is 0.913. The summed E-state index contributed by atoms with van der Waals surface area (Å²) in [5.41, 5.74) is 0.719. The Bertz CT molecular complexity index is 677. The third-order valence-electron chi connectivity index (χ3n) is 8.19. The van der Waals surface area contributed by atoms with Gasteiger partial charge in [0.2, 0.25) is 0 Å². The predicted molar refractivity (Wildman–Crippen MR) is 92.7 cm³/mol. The van der Waals surface area contributed by atoms with E-state index in [0.29, 0.717) is 24.7 Å². The largest absolute Gasteiger partial charge is 0.389 e. The van der Waals surface area contributed by atoms with E-state index >= 15 is 0 Å². The average Bonchev–Trinajstić information content (AvgIpc) is 2.91. The number of carbonyl (C=O) groups excluding carboxylic acids is 3. The topological polar surface area (TPSA) is 71.4 Å². The Balaban J connectivity index is 1.71. The number of hydrogen-bond acceptors (Lipinski definition) is 4. The van der Waals surface area contributed by atoms with Crippen LogP contribution in [0, 0.1) is 34.5 Å². The Morgan fingerprint density at radius 1 is 1.20 bits per heavy atom. The van der Waals surface area contributed by atoms with E-state index in [1.165, 1.54) is 5.57 Å². The molecular formula is C21H28O4. The summed E-state index contributed by atoms with van der Waals surface area (Å²) < 4.78 is 0. The van der Waals surface area contributed by atoms with Gasteiger partial charge >= 0.3 is 0 Å². The van der Waals surface area contributed by atoms with Crippen molar-refractivity contribution >= 4 is 17.3 Å². The molecule has 6 atom stereocenters. The standard InChI is InChI=1S/C21H28O4/c1-20-8-7-13(23)9-12(20)3-4-14-15-5-6-16(18(25)11-22)21(15,2)10-17(24)19(14)20/h9,14-16,19,22H,3-8,10-11H2,1-2H3/t14-,15-,16+,19+,20-,21+/m0/s1. The van der Waals surface area contributed by atoms with Gasteiger partial charge in [-0.2, -0.15) is 0 Å². The fourth-order valence-electron chi connectivity index (χ4n) is 7.02. The molecular weight excluding hydrogens is 316 g/mol. The normalized spacial score (nSPS) is 46.1. The van der Waals surface area contributed by atoms with Crippen LogP contribution in [-0.4, -0.2) is 29.1 Å². The van der Waals surface area contributed by atoms with Crippen LogP contribution in [0.5, 0.6) is 0 Å². The Morgan fingerprint density at radius 2 is 1.96 bits per heavy atom. The first-order chi connectivity index (χ1) is 11.8. The number of aliphatic hydroxyl groups excluding tert-OH is 1. The first-order valence-corrected chi connectivity index (χ1v) is 9.71. The molecule has 0 spiro atoms. The maximum atomic E-state index is 13.3. The Morgan fingerprint density at radius 3 is 2.68 bits per heavy atom. The molecule has 4 aliphatic carbocycles. The van der Waals surface area contributed by atoms with Crippen LogP contribution < -0.4 is 0 Å². The highest BCUT2D eigenvalue weighted by Crippen LogP contribution is 2.65. The van der Waals surface area contributed by atoms with Gasteiger partial charge in [-0.3, -0.25) is 14.4 Å². The van der Waals surface area contributed by atoms with Gasteiger partial charge in [0.25, 0.3) is 0 Å². The van der Waals surface area contributed by atoms with Gasteiger partial charge in [-0.25, -0.2) is 0 Å². The van der Waals surface area contributed by atoms with Crippen molar-refractivity contribution in [3.8, 4) is 0 Å². The first kappa shape index (κ1) is 17.1. The highest BCUT2D eigenvalue weighted by atomic mass is 16.3. The summed E-state index contributed by atoms with van der Waals surface area (Å²) >= 11 is 0. The number of hydrogen-bond donors (Lipinski definition) is 1. The highest BCUT2D eigenvalue weighted by Gasteiger charge is 2.62. The lowest BCUT2D eigenvalue weighted by molar-refractivity contribution is -0.149. The molecule has 25 heavy (non-hydrogen) atoms. The fraction of sp³-hybridized carbons (Fsp3) is 0.762. The molecule has 0 aliphatic heterocycles. The molecule has 3 saturated carbocycles. The molecule has 0 radical (unpaired) electrons. The van der Waals surface area contributed by atoms with Crippen molar-refractivity contribution < 1.29 is 19.5 Å². The van der Waals surface area contributed by atoms with Gasteiger partial charge in [0, 0.05) is 24.7 Å². The quantitative estimate of drug-likeness (QED) is 0.836. The van der Waals surface area contributed by atoms with Crippen LogP contribution in [0.25, 0.3) is 0 Å². The number of rotatable bonds is 2. The van der Waals surface area contributed by atoms with E-state index in [-0.39, 0.29) is 40.0 Å². The lowest BCUT2D eigenvalue weighted by atomic mass is 9.46. The second-order valence-corrected chi connectivity index (χ2v) is 9.24. The second-order valence-electron chi connectivity index (χ2n) is 9.24. The van der Waals surface area contributed by atoms with E-state index in [0.717, 1.165) is 32.1 Å². The molecule has 4 rings (SSSR count). The van der Waals surface area contributed by atoms with Crippen molar-refractivity contribution in [2.75, 3.05) is 6.61 Å². The van der Waals surface area contributed by atoms with Gasteiger partial charge in [0.05, 0.1) is 0 Å². The van der Waals surface area contributed by atoms with Gasteiger partial charge in [0.15, 0.2) is 11.6 Å². The number of Topliss-reactive ketones (excluding diaryl/α,β-unsaturated/α-hetero) is 2. The third-order valence-corrected chi connectivity index (χ3v) is 8.19. The molecule has 0 amide bonds. The van der Waals surface area contributed by atoms with Gasteiger partial charge in [-0.15, -0.1) is 0 Å². The molecule has 4 aliphatic rings. The van der Waals surface area contributed by atoms with E-state index < -0.39 is 6.61 Å². The van der Waals surface area contributed by atoms with Crippen LogP contribution in [0.1, 0.15) is 58.8 Å². The van der Waals surface area contributed by atoms with Crippen LogP contribution in [0.3, 0.4) is 0 Å². The Labute approximate surface area is 149 Å². The SMILES string of the molecule is C[C@@]12CC(=O)[C@H]3[C@@H](CCC4=CC(=O)CC[C@@]43C)[C@@H]1CC[C@@H]2C(=O)CO. The van der Waals surface area contributed by atoms with Crippen molar-refractivity contribution in [1.29, 1.82) is 0 Å². The van der Waals surface area contributed by atoms with Crippen molar-refractivity contribution in [1.82, 2.24) is 0 Å². The monoisotopic (exact) mass is 344 g/mol. The molecule has 0 aromatic heterocycles. The highest BCUT2D eigenvalue weighted by molar-refractivity contribution is 5.93. The van der Waals surface area contributed by atoms with Crippen molar-refractivity contribution in [3.63, 3.8) is 0 Å². The predicted octanol–water partition coefficient (Wildman–Crippen LogP) is 2.87. The number of carbonyl (C=O) groups is 3. The number of allylic oxidation sites excluding steroid dienone is 1. The van der Waals surface area contributed by atoms with Crippen molar-refractivity contribution in [2.24, 2.45) is 34.5 Å². The van der Waals surface area contributed by atoms with Gasteiger partial charge in [-0.1, -0.05) is 19.4 Å². The molecule has 1 N–H and O–H groups in total. The Kier molecular flexibility index (Phi) is 3.84. The van der Waals surface area contributed by atoms with Crippen LogP contribution in [-0.2, 0) is 14.4 Å². The van der Waals surface area contributed by atoms with Crippen LogP contribution in [0.4, 0.5) is 0 Å². The van der Waals surface area contributed by atoms with E-state index in [2.05, 4.69) is 13.8 Å². The molecule has 0 unspecified atom stereocenters. The molecule has 4 heteroatoms.